The van der Waals surface area contributed by atoms with Gasteiger partial charge in [-0.05, 0) is 24.6 Å². The van der Waals surface area contributed by atoms with Gasteiger partial charge in [0.1, 0.15) is 5.75 Å². The first kappa shape index (κ1) is 14.8. The summed E-state index contributed by atoms with van der Waals surface area (Å²) in [5.41, 5.74) is 0.950. The third-order valence-electron chi connectivity index (χ3n) is 2.82. The minimum atomic E-state index is -1.06. The molecule has 2 rings (SSSR count). The Labute approximate surface area is 121 Å². The summed E-state index contributed by atoms with van der Waals surface area (Å²) in [6.45, 7) is 2.64. The number of hydrogen-bond acceptors (Lipinski definition) is 4. The lowest BCUT2D eigenvalue weighted by molar-refractivity contribution is -0.136. The van der Waals surface area contributed by atoms with Crippen molar-refractivity contribution in [2.45, 2.75) is 19.8 Å². The highest BCUT2D eigenvalue weighted by atomic mass is 16.5. The smallest absolute Gasteiger partial charge is 0.308 e. The van der Waals surface area contributed by atoms with Crippen LogP contribution in [0.1, 0.15) is 18.9 Å². The van der Waals surface area contributed by atoms with Crippen LogP contribution in [0.25, 0.3) is 11.3 Å². The largest absolute Gasteiger partial charge is 0.494 e. The van der Waals surface area contributed by atoms with Crippen LogP contribution in [-0.4, -0.2) is 27.9 Å². The molecule has 6 heteroatoms. The van der Waals surface area contributed by atoms with E-state index < -0.39 is 11.5 Å². The van der Waals surface area contributed by atoms with E-state index in [-0.39, 0.29) is 12.0 Å². The van der Waals surface area contributed by atoms with Crippen molar-refractivity contribution in [3.8, 4) is 17.0 Å². The fourth-order valence-electron chi connectivity index (χ4n) is 1.85. The highest BCUT2D eigenvalue weighted by molar-refractivity contribution is 5.71. The molecule has 0 saturated heterocycles. The van der Waals surface area contributed by atoms with Gasteiger partial charge in [0.05, 0.1) is 18.7 Å². The van der Waals surface area contributed by atoms with Gasteiger partial charge in [-0.1, -0.05) is 19.1 Å². The lowest BCUT2D eigenvalue weighted by Gasteiger charge is -2.07. The zero-order valence-corrected chi connectivity index (χ0v) is 11.6. The maximum absolute atomic E-state index is 11.5. The quantitative estimate of drug-likeness (QED) is 0.846. The second-order valence-corrected chi connectivity index (χ2v) is 4.55. The molecule has 0 amide bonds. The van der Waals surface area contributed by atoms with E-state index in [0.717, 1.165) is 12.0 Å². The van der Waals surface area contributed by atoms with Crippen molar-refractivity contribution in [1.82, 2.24) is 10.2 Å². The highest BCUT2D eigenvalue weighted by Crippen LogP contribution is 2.22. The highest BCUT2D eigenvalue weighted by Gasteiger charge is 2.09. The number of aromatic amines is 1. The number of ether oxygens (including phenoxy) is 1. The standard InChI is InChI=1S/C15H16N2O4/c1-2-6-21-12-5-3-4-10(7-12)13-8-11(9-14(18)19)15(20)17-16-13/h3-5,7-8H,2,6,9H2,1H3,(H,17,20)(H,18,19). The molecule has 0 aliphatic rings. The summed E-state index contributed by atoms with van der Waals surface area (Å²) < 4.78 is 5.54. The zero-order valence-electron chi connectivity index (χ0n) is 11.6. The Kier molecular flexibility index (Phi) is 4.71. The first-order chi connectivity index (χ1) is 10.1. The van der Waals surface area contributed by atoms with Gasteiger partial charge in [0.25, 0.3) is 5.56 Å². The van der Waals surface area contributed by atoms with E-state index >= 15 is 0 Å². The van der Waals surface area contributed by atoms with E-state index in [1.54, 1.807) is 6.07 Å². The number of aliphatic carboxylic acids is 1. The number of H-pyrrole nitrogens is 1. The molecule has 0 radical (unpaired) electrons. The van der Waals surface area contributed by atoms with E-state index in [0.29, 0.717) is 18.1 Å². The molecule has 0 saturated carbocycles. The van der Waals surface area contributed by atoms with Crippen LogP contribution in [0.4, 0.5) is 0 Å². The van der Waals surface area contributed by atoms with Crippen molar-refractivity contribution in [3.05, 3.63) is 46.2 Å². The molecule has 0 atom stereocenters. The van der Waals surface area contributed by atoms with Crippen LogP contribution in [0.2, 0.25) is 0 Å². The van der Waals surface area contributed by atoms with Gasteiger partial charge in [-0.25, -0.2) is 5.10 Å². The molecule has 1 heterocycles. The molecule has 110 valence electrons. The molecule has 0 bridgehead atoms. The summed E-state index contributed by atoms with van der Waals surface area (Å²) in [6.07, 6.45) is 0.570. The topological polar surface area (TPSA) is 92.3 Å². The van der Waals surface area contributed by atoms with E-state index in [9.17, 15) is 9.59 Å². The minimum Gasteiger partial charge on any atom is -0.494 e. The zero-order chi connectivity index (χ0) is 15.2. The fourth-order valence-corrected chi connectivity index (χ4v) is 1.85. The predicted molar refractivity (Wildman–Crippen MR) is 77.4 cm³/mol. The van der Waals surface area contributed by atoms with Gasteiger partial charge in [-0.2, -0.15) is 5.10 Å². The number of carbonyl (C=O) groups is 1. The molecule has 1 aromatic carbocycles. The Morgan fingerprint density at radius 2 is 2.19 bits per heavy atom. The molecular formula is C15H16N2O4. The minimum absolute atomic E-state index is 0.173. The average molecular weight is 288 g/mol. The monoisotopic (exact) mass is 288 g/mol. The fraction of sp³-hybridized carbons (Fsp3) is 0.267. The molecule has 6 nitrogen and oxygen atoms in total. The average Bonchev–Trinajstić information content (AvgIpc) is 2.47. The van der Waals surface area contributed by atoms with Crippen LogP contribution in [0.5, 0.6) is 5.75 Å². The van der Waals surface area contributed by atoms with Crippen molar-refractivity contribution < 1.29 is 14.6 Å². The number of hydrogen-bond donors (Lipinski definition) is 2. The van der Waals surface area contributed by atoms with Gasteiger partial charge in [0.15, 0.2) is 0 Å². The van der Waals surface area contributed by atoms with Crippen LogP contribution in [0.3, 0.4) is 0 Å². The lowest BCUT2D eigenvalue weighted by Crippen LogP contribution is -2.17. The molecule has 1 aromatic heterocycles. The van der Waals surface area contributed by atoms with E-state index in [2.05, 4.69) is 10.2 Å². The Morgan fingerprint density at radius 1 is 1.38 bits per heavy atom. The Bertz CT molecular complexity index is 694. The summed E-state index contributed by atoms with van der Waals surface area (Å²) >= 11 is 0. The van der Waals surface area contributed by atoms with Crippen molar-refractivity contribution in [2.24, 2.45) is 0 Å². The molecule has 0 spiro atoms. The molecular weight excluding hydrogens is 272 g/mol. The molecule has 2 aromatic rings. The Hall–Kier alpha value is -2.63. The third kappa shape index (κ3) is 3.92. The maximum Gasteiger partial charge on any atom is 0.308 e. The van der Waals surface area contributed by atoms with Gasteiger partial charge in [0, 0.05) is 11.1 Å². The second-order valence-electron chi connectivity index (χ2n) is 4.55. The maximum atomic E-state index is 11.5. The summed E-state index contributed by atoms with van der Waals surface area (Å²) in [5.74, 6) is -0.347. The van der Waals surface area contributed by atoms with Gasteiger partial charge < -0.3 is 9.84 Å². The normalized spacial score (nSPS) is 10.3. The number of benzene rings is 1. The Morgan fingerprint density at radius 3 is 2.90 bits per heavy atom. The summed E-state index contributed by atoms with van der Waals surface area (Å²) in [7, 11) is 0. The van der Waals surface area contributed by atoms with Crippen LogP contribution >= 0.6 is 0 Å². The van der Waals surface area contributed by atoms with E-state index in [1.165, 1.54) is 6.07 Å². The molecule has 2 N–H and O–H groups in total. The first-order valence-corrected chi connectivity index (χ1v) is 6.63. The van der Waals surface area contributed by atoms with Crippen LogP contribution in [-0.2, 0) is 11.2 Å². The van der Waals surface area contributed by atoms with Crippen molar-refractivity contribution in [2.75, 3.05) is 6.61 Å². The summed E-state index contributed by atoms with van der Waals surface area (Å²) in [6, 6.07) is 8.78. The van der Waals surface area contributed by atoms with Crippen LogP contribution < -0.4 is 10.3 Å². The van der Waals surface area contributed by atoms with E-state index in [1.807, 2.05) is 25.1 Å². The van der Waals surface area contributed by atoms with Gasteiger partial charge >= 0.3 is 5.97 Å². The van der Waals surface area contributed by atoms with Crippen molar-refractivity contribution in [3.63, 3.8) is 0 Å². The molecule has 21 heavy (non-hydrogen) atoms. The number of carboxylic acids is 1. The predicted octanol–water partition coefficient (Wildman–Crippen LogP) is 1.85. The number of nitrogens with zero attached hydrogens (tertiary/aromatic N) is 1. The molecule has 0 aliphatic carbocycles. The Balaban J connectivity index is 2.33. The van der Waals surface area contributed by atoms with Gasteiger partial charge in [0.2, 0.25) is 0 Å². The number of nitrogens with one attached hydrogen (secondary N) is 1. The SMILES string of the molecule is CCCOc1cccc(-c2cc(CC(=O)O)c(=O)[nH]n2)c1. The summed E-state index contributed by atoms with van der Waals surface area (Å²) in [5, 5.41) is 15.1. The van der Waals surface area contributed by atoms with Crippen LogP contribution in [0, 0.1) is 0 Å². The van der Waals surface area contributed by atoms with Gasteiger partial charge in [-0.15, -0.1) is 0 Å². The molecule has 0 unspecified atom stereocenters. The van der Waals surface area contributed by atoms with Crippen molar-refractivity contribution >= 4 is 5.97 Å². The first-order valence-electron chi connectivity index (χ1n) is 6.63. The van der Waals surface area contributed by atoms with Crippen LogP contribution in [0.15, 0.2) is 35.1 Å². The van der Waals surface area contributed by atoms with E-state index in [4.69, 9.17) is 9.84 Å². The molecule has 0 aliphatic heterocycles. The summed E-state index contributed by atoms with van der Waals surface area (Å²) in [4.78, 5) is 22.3. The second kappa shape index (κ2) is 6.69. The number of carboxylic acid groups (broad SMARTS) is 1. The van der Waals surface area contributed by atoms with Gasteiger partial charge in [-0.3, -0.25) is 9.59 Å². The number of aromatic nitrogens is 2. The number of rotatable bonds is 6. The lowest BCUT2D eigenvalue weighted by atomic mass is 10.1. The third-order valence-corrected chi connectivity index (χ3v) is 2.82. The van der Waals surface area contributed by atoms with Crippen molar-refractivity contribution in [1.29, 1.82) is 0 Å². The molecule has 0 fully saturated rings.